The van der Waals surface area contributed by atoms with E-state index in [1.54, 1.807) is 6.92 Å². The fourth-order valence-corrected chi connectivity index (χ4v) is 3.53. The van der Waals surface area contributed by atoms with Crippen LogP contribution in [0.2, 0.25) is 0 Å². The van der Waals surface area contributed by atoms with Gasteiger partial charge in [-0.3, -0.25) is 4.79 Å². The highest BCUT2D eigenvalue weighted by atomic mass is 32.2. The van der Waals surface area contributed by atoms with E-state index in [1.165, 1.54) is 11.1 Å². The second kappa shape index (κ2) is 4.96. The molecule has 0 N–H and O–H groups in total. The molecular weight excluding hydrogens is 242 g/mol. The zero-order valence-corrected chi connectivity index (χ0v) is 12.4. The molecule has 2 rings (SSSR count). The van der Waals surface area contributed by atoms with Crippen molar-refractivity contribution in [2.24, 2.45) is 0 Å². The first-order chi connectivity index (χ1) is 8.39. The Balaban J connectivity index is 2.22. The van der Waals surface area contributed by atoms with Crippen LogP contribution in [0.5, 0.6) is 0 Å². The summed E-state index contributed by atoms with van der Waals surface area (Å²) in [6, 6.07) is 8.71. The normalized spacial score (nSPS) is 20.2. The average molecular weight is 263 g/mol. The molecule has 3 heteroatoms. The molecule has 2 nitrogen and oxygen atoms in total. The molecule has 0 unspecified atom stereocenters. The fraction of sp³-hybridized carbons (Fsp3) is 0.533. The van der Waals surface area contributed by atoms with Crippen LogP contribution in [0.1, 0.15) is 44.2 Å². The minimum absolute atomic E-state index is 0.171. The van der Waals surface area contributed by atoms with Gasteiger partial charge < -0.3 is 4.90 Å². The molecule has 1 atom stereocenters. The highest BCUT2D eigenvalue weighted by Gasteiger charge is 2.28. The van der Waals surface area contributed by atoms with E-state index in [4.69, 9.17) is 0 Å². The third kappa shape index (κ3) is 2.72. The molecule has 98 valence electrons. The highest BCUT2D eigenvalue weighted by Crippen LogP contribution is 2.38. The van der Waals surface area contributed by atoms with Gasteiger partial charge in [-0.1, -0.05) is 45.0 Å². The number of benzene rings is 1. The quantitative estimate of drug-likeness (QED) is 0.772. The van der Waals surface area contributed by atoms with Crippen molar-refractivity contribution < 1.29 is 4.79 Å². The first-order valence-electron chi connectivity index (χ1n) is 6.39. The number of amides is 1. The van der Waals surface area contributed by atoms with Gasteiger partial charge in [0.05, 0.1) is 0 Å². The lowest BCUT2D eigenvalue weighted by atomic mass is 9.87. The van der Waals surface area contributed by atoms with Crippen LogP contribution in [0.15, 0.2) is 24.3 Å². The Morgan fingerprint density at radius 2 is 1.89 bits per heavy atom. The molecule has 0 aromatic heterocycles. The number of hydrogen-bond donors (Lipinski definition) is 0. The number of nitrogens with zero attached hydrogens (tertiary/aromatic N) is 1. The summed E-state index contributed by atoms with van der Waals surface area (Å²) in [5.74, 6) is 1.20. The summed E-state index contributed by atoms with van der Waals surface area (Å²) in [4.78, 5) is 13.5. The summed E-state index contributed by atoms with van der Waals surface area (Å²) < 4.78 is 0. The van der Waals surface area contributed by atoms with E-state index < -0.39 is 0 Å². The summed E-state index contributed by atoms with van der Waals surface area (Å²) in [5, 5.41) is 0.205. The minimum atomic E-state index is 0.171. The van der Waals surface area contributed by atoms with Crippen molar-refractivity contribution >= 4 is 17.7 Å². The van der Waals surface area contributed by atoms with Crippen molar-refractivity contribution in [3.05, 3.63) is 35.4 Å². The molecule has 1 fully saturated rings. The third-order valence-electron chi connectivity index (χ3n) is 3.36. The molecule has 0 spiro atoms. The van der Waals surface area contributed by atoms with Crippen LogP contribution < -0.4 is 0 Å². The van der Waals surface area contributed by atoms with Crippen LogP contribution in [0, 0.1) is 0 Å². The molecular formula is C15H21NOS. The molecule has 1 saturated heterocycles. The van der Waals surface area contributed by atoms with Gasteiger partial charge in [0, 0.05) is 19.2 Å². The van der Waals surface area contributed by atoms with Crippen molar-refractivity contribution in [1.82, 2.24) is 4.90 Å². The molecule has 1 aromatic carbocycles. The van der Waals surface area contributed by atoms with Crippen molar-refractivity contribution in [3.8, 4) is 0 Å². The van der Waals surface area contributed by atoms with E-state index in [1.807, 2.05) is 16.7 Å². The zero-order valence-electron chi connectivity index (χ0n) is 11.6. The molecule has 1 aromatic rings. The van der Waals surface area contributed by atoms with E-state index in [-0.39, 0.29) is 16.7 Å². The lowest BCUT2D eigenvalue weighted by molar-refractivity contribution is -0.128. The van der Waals surface area contributed by atoms with E-state index in [0.29, 0.717) is 0 Å². The zero-order chi connectivity index (χ0) is 13.3. The van der Waals surface area contributed by atoms with Crippen molar-refractivity contribution in [2.45, 2.75) is 38.5 Å². The lowest BCUT2D eigenvalue weighted by Gasteiger charge is -2.24. The fourth-order valence-electron chi connectivity index (χ4n) is 2.22. The molecule has 1 aliphatic rings. The standard InChI is InChI=1S/C15H21NOS/c1-11(17)16-9-10-18-14(16)12-5-7-13(8-6-12)15(2,3)4/h5-8,14H,9-10H2,1-4H3/t14-/m1/s1. The maximum absolute atomic E-state index is 11.6. The van der Waals surface area contributed by atoms with Gasteiger partial charge in [-0.05, 0) is 16.5 Å². The average Bonchev–Trinajstić information content (AvgIpc) is 2.77. The second-order valence-electron chi connectivity index (χ2n) is 5.81. The van der Waals surface area contributed by atoms with Crippen LogP contribution in [0.25, 0.3) is 0 Å². The van der Waals surface area contributed by atoms with Gasteiger partial charge in [-0.2, -0.15) is 0 Å². The van der Waals surface area contributed by atoms with E-state index in [9.17, 15) is 4.79 Å². The van der Waals surface area contributed by atoms with Gasteiger partial charge >= 0.3 is 0 Å². The summed E-state index contributed by atoms with van der Waals surface area (Å²) in [5.41, 5.74) is 2.76. The van der Waals surface area contributed by atoms with E-state index in [0.717, 1.165) is 12.3 Å². The summed E-state index contributed by atoms with van der Waals surface area (Å²) in [7, 11) is 0. The van der Waals surface area contributed by atoms with Crippen LogP contribution in [-0.2, 0) is 10.2 Å². The maximum atomic E-state index is 11.6. The number of hydrogen-bond acceptors (Lipinski definition) is 2. The van der Waals surface area contributed by atoms with Crippen LogP contribution in [0.3, 0.4) is 0 Å². The Bertz CT molecular complexity index is 433. The summed E-state index contributed by atoms with van der Waals surface area (Å²) in [6.07, 6.45) is 0. The largest absolute Gasteiger partial charge is 0.326 e. The second-order valence-corrected chi connectivity index (χ2v) is 7.00. The summed E-state index contributed by atoms with van der Waals surface area (Å²) in [6.45, 7) is 9.17. The smallest absolute Gasteiger partial charge is 0.220 e. The predicted octanol–water partition coefficient (Wildman–Crippen LogP) is 3.58. The van der Waals surface area contributed by atoms with Crippen molar-refractivity contribution in [3.63, 3.8) is 0 Å². The maximum Gasteiger partial charge on any atom is 0.220 e. The molecule has 1 aliphatic heterocycles. The molecule has 1 heterocycles. The van der Waals surface area contributed by atoms with E-state index >= 15 is 0 Å². The Labute approximate surface area is 114 Å². The van der Waals surface area contributed by atoms with Crippen molar-refractivity contribution in [2.75, 3.05) is 12.3 Å². The molecule has 1 amide bonds. The first-order valence-corrected chi connectivity index (χ1v) is 7.44. The van der Waals surface area contributed by atoms with Crippen LogP contribution in [-0.4, -0.2) is 23.1 Å². The van der Waals surface area contributed by atoms with Gasteiger partial charge in [0.2, 0.25) is 5.91 Å². The van der Waals surface area contributed by atoms with Crippen molar-refractivity contribution in [1.29, 1.82) is 0 Å². The monoisotopic (exact) mass is 263 g/mol. The topological polar surface area (TPSA) is 20.3 Å². The minimum Gasteiger partial charge on any atom is -0.326 e. The SMILES string of the molecule is CC(=O)N1CCS[C@@H]1c1ccc(C(C)(C)C)cc1. The number of rotatable bonds is 1. The Morgan fingerprint density at radius 1 is 1.28 bits per heavy atom. The summed E-state index contributed by atoms with van der Waals surface area (Å²) >= 11 is 1.85. The third-order valence-corrected chi connectivity index (χ3v) is 4.62. The Hall–Kier alpha value is -0.960. The Morgan fingerprint density at radius 3 is 2.39 bits per heavy atom. The molecule has 0 aliphatic carbocycles. The van der Waals surface area contributed by atoms with E-state index in [2.05, 4.69) is 45.0 Å². The van der Waals surface area contributed by atoms with Gasteiger partial charge in [-0.25, -0.2) is 0 Å². The molecule has 0 radical (unpaired) electrons. The number of thioether (sulfide) groups is 1. The lowest BCUT2D eigenvalue weighted by Crippen LogP contribution is -2.27. The number of carbonyl (C=O) groups is 1. The van der Waals surface area contributed by atoms with Gasteiger partial charge in [-0.15, -0.1) is 11.8 Å². The molecule has 18 heavy (non-hydrogen) atoms. The van der Waals surface area contributed by atoms with Gasteiger partial charge in [0.15, 0.2) is 0 Å². The number of carbonyl (C=O) groups excluding carboxylic acids is 1. The molecule has 0 saturated carbocycles. The molecule has 0 bridgehead atoms. The van der Waals surface area contributed by atoms with Gasteiger partial charge in [0.1, 0.15) is 5.37 Å². The first kappa shape index (κ1) is 13.5. The highest BCUT2D eigenvalue weighted by molar-refractivity contribution is 7.99. The van der Waals surface area contributed by atoms with Crippen LogP contribution in [0.4, 0.5) is 0 Å². The van der Waals surface area contributed by atoms with Gasteiger partial charge in [0.25, 0.3) is 0 Å². The predicted molar refractivity (Wildman–Crippen MR) is 77.7 cm³/mol. The Kier molecular flexibility index (Phi) is 3.71. The van der Waals surface area contributed by atoms with Crippen LogP contribution >= 0.6 is 11.8 Å².